The van der Waals surface area contributed by atoms with Crippen molar-refractivity contribution < 1.29 is 4.11 Å². The van der Waals surface area contributed by atoms with Crippen LogP contribution in [0.4, 0.5) is 0 Å². The van der Waals surface area contributed by atoms with Gasteiger partial charge in [-0.25, -0.2) is 0 Å². The molecule has 1 heterocycles. The highest BCUT2D eigenvalue weighted by Gasteiger charge is 1.87. The molecular formula is C6H6BrNO. The quantitative estimate of drug-likeness (QED) is 0.602. The SMILES string of the molecule is [2H]C([2H])([2H])n1ccc(Br)cc1=O. The van der Waals surface area contributed by atoms with Crippen molar-refractivity contribution in [2.24, 2.45) is 6.98 Å². The van der Waals surface area contributed by atoms with Gasteiger partial charge in [-0.2, -0.15) is 0 Å². The van der Waals surface area contributed by atoms with E-state index < -0.39 is 12.5 Å². The molecule has 0 bridgehead atoms. The van der Waals surface area contributed by atoms with Crippen molar-refractivity contribution in [1.82, 2.24) is 4.57 Å². The van der Waals surface area contributed by atoms with Gasteiger partial charge in [0, 0.05) is 27.8 Å². The first kappa shape index (κ1) is 3.56. The molecule has 0 amide bonds. The summed E-state index contributed by atoms with van der Waals surface area (Å²) in [5.41, 5.74) is -0.538. The van der Waals surface area contributed by atoms with Crippen LogP contribution >= 0.6 is 15.9 Å². The number of nitrogens with zero attached hydrogens (tertiary/aromatic N) is 1. The fourth-order valence-electron chi connectivity index (χ4n) is 0.455. The monoisotopic (exact) mass is 190 g/mol. The van der Waals surface area contributed by atoms with E-state index >= 15 is 0 Å². The van der Waals surface area contributed by atoms with Gasteiger partial charge in [0.1, 0.15) is 0 Å². The van der Waals surface area contributed by atoms with Crippen LogP contribution in [-0.4, -0.2) is 4.57 Å². The molecule has 0 aliphatic carbocycles. The number of pyridine rings is 1. The minimum Gasteiger partial charge on any atom is -0.319 e. The maximum Gasteiger partial charge on any atom is 0.251 e. The van der Waals surface area contributed by atoms with Crippen LogP contribution in [0.1, 0.15) is 4.11 Å². The second-order valence-electron chi connectivity index (χ2n) is 1.55. The summed E-state index contributed by atoms with van der Waals surface area (Å²) in [7, 11) is 0. The second-order valence-corrected chi connectivity index (χ2v) is 2.47. The molecule has 9 heavy (non-hydrogen) atoms. The first-order valence-electron chi connectivity index (χ1n) is 3.80. The lowest BCUT2D eigenvalue weighted by Crippen LogP contribution is -2.13. The summed E-state index contributed by atoms with van der Waals surface area (Å²) in [5.74, 6) is 0. The van der Waals surface area contributed by atoms with E-state index in [1.54, 1.807) is 0 Å². The minimum atomic E-state index is -2.39. The molecule has 0 aliphatic rings. The normalized spacial score (nSPS) is 15.9. The van der Waals surface area contributed by atoms with Gasteiger partial charge in [0.05, 0.1) is 0 Å². The van der Waals surface area contributed by atoms with Crippen molar-refractivity contribution in [3.8, 4) is 0 Å². The Morgan fingerprint density at radius 2 is 2.67 bits per heavy atom. The van der Waals surface area contributed by atoms with Gasteiger partial charge < -0.3 is 4.57 Å². The Hall–Kier alpha value is -0.570. The van der Waals surface area contributed by atoms with E-state index in [-0.39, 0.29) is 0 Å². The fraction of sp³-hybridized carbons (Fsp3) is 0.167. The highest BCUT2D eigenvalue weighted by molar-refractivity contribution is 9.10. The van der Waals surface area contributed by atoms with E-state index in [1.165, 1.54) is 18.3 Å². The van der Waals surface area contributed by atoms with Crippen LogP contribution < -0.4 is 5.56 Å². The van der Waals surface area contributed by atoms with Crippen LogP contribution in [0, 0.1) is 0 Å². The molecule has 0 aromatic carbocycles. The van der Waals surface area contributed by atoms with Gasteiger partial charge in [0.15, 0.2) is 0 Å². The molecule has 0 saturated heterocycles. The third kappa shape index (κ3) is 1.42. The number of rotatable bonds is 0. The zero-order chi connectivity index (χ0) is 9.35. The van der Waals surface area contributed by atoms with Crippen LogP contribution in [0.5, 0.6) is 0 Å². The van der Waals surface area contributed by atoms with Crippen LogP contribution in [0.25, 0.3) is 0 Å². The topological polar surface area (TPSA) is 22.0 Å². The lowest BCUT2D eigenvalue weighted by Gasteiger charge is -1.92. The average Bonchev–Trinajstić information content (AvgIpc) is 1.83. The highest BCUT2D eigenvalue weighted by atomic mass is 79.9. The molecule has 3 heteroatoms. The Balaban J connectivity index is 3.29. The predicted octanol–water partition coefficient (Wildman–Crippen LogP) is 1.15. The predicted molar refractivity (Wildman–Crippen MR) is 39.4 cm³/mol. The Bertz CT molecular complexity index is 343. The molecule has 48 valence electrons. The van der Waals surface area contributed by atoms with Crippen molar-refractivity contribution in [2.75, 3.05) is 0 Å². The van der Waals surface area contributed by atoms with E-state index in [2.05, 4.69) is 15.9 Å². The standard InChI is InChI=1S/C6H6BrNO/c1-8-3-2-5(7)4-6(8)9/h2-4H,1H3/i1D3. The van der Waals surface area contributed by atoms with Gasteiger partial charge >= 0.3 is 0 Å². The molecule has 0 aliphatic heterocycles. The van der Waals surface area contributed by atoms with Gasteiger partial charge in [-0.3, -0.25) is 4.79 Å². The number of halogens is 1. The number of aromatic nitrogens is 1. The van der Waals surface area contributed by atoms with E-state index in [0.29, 0.717) is 9.04 Å². The highest BCUT2D eigenvalue weighted by Crippen LogP contribution is 2.02. The molecular weight excluding hydrogens is 182 g/mol. The van der Waals surface area contributed by atoms with E-state index in [9.17, 15) is 4.79 Å². The summed E-state index contributed by atoms with van der Waals surface area (Å²) in [6, 6.07) is 2.72. The van der Waals surface area contributed by atoms with Crippen molar-refractivity contribution >= 4 is 15.9 Å². The van der Waals surface area contributed by atoms with E-state index in [0.717, 1.165) is 0 Å². The first-order chi connectivity index (χ1) is 5.41. The van der Waals surface area contributed by atoms with Crippen molar-refractivity contribution in [1.29, 1.82) is 0 Å². The van der Waals surface area contributed by atoms with E-state index in [4.69, 9.17) is 4.11 Å². The number of aryl methyl sites for hydroxylation is 1. The molecule has 0 atom stereocenters. The molecule has 0 radical (unpaired) electrons. The Labute approximate surface area is 65.5 Å². The largest absolute Gasteiger partial charge is 0.319 e. The summed E-state index contributed by atoms with van der Waals surface area (Å²) in [5, 5.41) is 0. The summed E-state index contributed by atoms with van der Waals surface area (Å²) in [6.45, 7) is -2.39. The van der Waals surface area contributed by atoms with Crippen molar-refractivity contribution in [3.05, 3.63) is 33.2 Å². The molecule has 1 aromatic rings. The maximum absolute atomic E-state index is 11.1. The van der Waals surface area contributed by atoms with Crippen LogP contribution in [0.15, 0.2) is 27.6 Å². The van der Waals surface area contributed by atoms with Crippen molar-refractivity contribution in [2.45, 2.75) is 0 Å². The lowest BCUT2D eigenvalue weighted by molar-refractivity contribution is 0.858. The van der Waals surface area contributed by atoms with Gasteiger partial charge in [-0.15, -0.1) is 0 Å². The zero-order valence-corrected chi connectivity index (χ0v) is 6.05. The zero-order valence-electron chi connectivity index (χ0n) is 7.47. The lowest BCUT2D eigenvalue weighted by atomic mass is 10.5. The van der Waals surface area contributed by atoms with Gasteiger partial charge in [0.2, 0.25) is 0 Å². The Morgan fingerprint density at radius 3 is 3.22 bits per heavy atom. The maximum atomic E-state index is 11.1. The van der Waals surface area contributed by atoms with E-state index in [1.807, 2.05) is 0 Å². The van der Waals surface area contributed by atoms with Gasteiger partial charge in [-0.05, 0) is 6.07 Å². The Kier molecular flexibility index (Phi) is 0.931. The van der Waals surface area contributed by atoms with Crippen molar-refractivity contribution in [3.63, 3.8) is 0 Å². The number of hydrogen-bond donors (Lipinski definition) is 0. The third-order valence-corrected chi connectivity index (χ3v) is 1.37. The molecule has 0 spiro atoms. The summed E-state index contributed by atoms with van der Waals surface area (Å²) in [6.07, 6.45) is 1.24. The van der Waals surface area contributed by atoms with Crippen LogP contribution in [0.3, 0.4) is 0 Å². The summed E-state index contributed by atoms with van der Waals surface area (Å²) in [4.78, 5) is 11.1. The van der Waals surface area contributed by atoms with Gasteiger partial charge in [-0.1, -0.05) is 15.9 Å². The summed E-state index contributed by atoms with van der Waals surface area (Å²) < 4.78 is 22.2. The molecule has 0 unspecified atom stereocenters. The second kappa shape index (κ2) is 2.35. The Morgan fingerprint density at radius 1 is 1.89 bits per heavy atom. The smallest absolute Gasteiger partial charge is 0.251 e. The average molecular weight is 191 g/mol. The van der Waals surface area contributed by atoms with Gasteiger partial charge in [0.25, 0.3) is 5.56 Å². The van der Waals surface area contributed by atoms with Crippen LogP contribution in [0.2, 0.25) is 0 Å². The molecule has 1 aromatic heterocycles. The molecule has 0 fully saturated rings. The fourth-order valence-corrected chi connectivity index (χ4v) is 0.769. The molecule has 2 nitrogen and oxygen atoms in total. The molecule has 0 saturated carbocycles. The third-order valence-electron chi connectivity index (χ3n) is 0.882. The first-order valence-corrected chi connectivity index (χ1v) is 3.09. The molecule has 0 N–H and O–H groups in total. The van der Waals surface area contributed by atoms with Crippen LogP contribution in [-0.2, 0) is 6.98 Å². The number of hydrogen-bond acceptors (Lipinski definition) is 1. The summed E-state index contributed by atoms with van der Waals surface area (Å²) >= 11 is 3.07. The minimum absolute atomic E-state index is 0.538. The molecule has 1 rings (SSSR count).